The van der Waals surface area contributed by atoms with Crippen molar-refractivity contribution in [3.8, 4) is 0 Å². The van der Waals surface area contributed by atoms with Gasteiger partial charge in [-0.05, 0) is 22.4 Å². The summed E-state index contributed by atoms with van der Waals surface area (Å²) in [7, 11) is 1.58. The molecule has 2 aromatic heterocycles. The average molecular weight is 321 g/mol. The van der Waals surface area contributed by atoms with Gasteiger partial charge in [-0.25, -0.2) is 9.48 Å². The van der Waals surface area contributed by atoms with Crippen LogP contribution in [0.15, 0.2) is 27.9 Å². The molecule has 8 heteroatoms. The number of carbonyl (C=O) groups excluding carboxylic acids is 1. The molecule has 0 saturated carbocycles. The van der Waals surface area contributed by atoms with E-state index >= 15 is 0 Å². The van der Waals surface area contributed by atoms with Crippen molar-refractivity contribution in [1.29, 1.82) is 0 Å². The van der Waals surface area contributed by atoms with Gasteiger partial charge < -0.3 is 4.90 Å². The van der Waals surface area contributed by atoms with Crippen LogP contribution in [0, 0.1) is 0 Å². The Balaban J connectivity index is 1.51. The first kappa shape index (κ1) is 15.0. The molecule has 1 aliphatic rings. The predicted octanol–water partition coefficient (Wildman–Crippen LogP) is -0.0123. The van der Waals surface area contributed by atoms with Crippen LogP contribution in [-0.4, -0.2) is 56.2 Å². The van der Waals surface area contributed by atoms with Crippen molar-refractivity contribution in [3.63, 3.8) is 0 Å². The Kier molecular flexibility index (Phi) is 4.39. The second kappa shape index (κ2) is 6.45. The summed E-state index contributed by atoms with van der Waals surface area (Å²) in [6.45, 7) is 4.15. The van der Waals surface area contributed by atoms with Gasteiger partial charge in [0.25, 0.3) is 0 Å². The third-order valence-electron chi connectivity index (χ3n) is 3.90. The van der Waals surface area contributed by atoms with Crippen LogP contribution in [-0.2, 0) is 24.9 Å². The Morgan fingerprint density at radius 3 is 2.68 bits per heavy atom. The molecule has 1 fully saturated rings. The van der Waals surface area contributed by atoms with Gasteiger partial charge in [0.05, 0.1) is 0 Å². The monoisotopic (exact) mass is 321 g/mol. The predicted molar refractivity (Wildman–Crippen MR) is 83.6 cm³/mol. The van der Waals surface area contributed by atoms with Crippen LogP contribution in [0.2, 0.25) is 0 Å². The van der Waals surface area contributed by atoms with E-state index < -0.39 is 0 Å². The lowest BCUT2D eigenvalue weighted by Crippen LogP contribution is -2.49. The number of aryl methyl sites for hydroxylation is 1. The van der Waals surface area contributed by atoms with E-state index in [1.54, 1.807) is 18.4 Å². The molecule has 1 amide bonds. The van der Waals surface area contributed by atoms with Crippen LogP contribution in [0.4, 0.5) is 0 Å². The van der Waals surface area contributed by atoms with Crippen molar-refractivity contribution in [2.45, 2.75) is 13.1 Å². The molecule has 0 aromatic carbocycles. The molecular formula is C14H19N5O2S. The number of amides is 1. The Bertz CT molecular complexity index is 682. The minimum absolute atomic E-state index is 0.0229. The van der Waals surface area contributed by atoms with Gasteiger partial charge in [-0.1, -0.05) is 0 Å². The van der Waals surface area contributed by atoms with Gasteiger partial charge in [0.1, 0.15) is 12.9 Å². The fourth-order valence-corrected chi connectivity index (χ4v) is 3.23. The lowest BCUT2D eigenvalue weighted by Gasteiger charge is -2.34. The Morgan fingerprint density at radius 2 is 2.09 bits per heavy atom. The quantitative estimate of drug-likeness (QED) is 0.794. The van der Waals surface area contributed by atoms with Gasteiger partial charge >= 0.3 is 5.69 Å². The van der Waals surface area contributed by atoms with Crippen molar-refractivity contribution in [2.75, 3.05) is 26.2 Å². The number of aromatic nitrogens is 3. The minimum atomic E-state index is -0.260. The van der Waals surface area contributed by atoms with Gasteiger partial charge in [0.15, 0.2) is 0 Å². The van der Waals surface area contributed by atoms with Gasteiger partial charge in [0.2, 0.25) is 5.91 Å². The lowest BCUT2D eigenvalue weighted by molar-refractivity contribution is -0.133. The summed E-state index contributed by atoms with van der Waals surface area (Å²) < 4.78 is 2.58. The highest BCUT2D eigenvalue weighted by Crippen LogP contribution is 2.11. The van der Waals surface area contributed by atoms with E-state index in [4.69, 9.17) is 0 Å². The summed E-state index contributed by atoms with van der Waals surface area (Å²) in [5.41, 5.74) is 1.07. The van der Waals surface area contributed by atoms with Gasteiger partial charge in [0, 0.05) is 39.8 Å². The number of thiophene rings is 1. The summed E-state index contributed by atoms with van der Waals surface area (Å²) in [6, 6.07) is 2.14. The molecule has 0 unspecified atom stereocenters. The van der Waals surface area contributed by atoms with Crippen LogP contribution in [0.5, 0.6) is 0 Å². The zero-order valence-corrected chi connectivity index (χ0v) is 13.3. The van der Waals surface area contributed by atoms with E-state index in [0.717, 1.165) is 19.6 Å². The minimum Gasteiger partial charge on any atom is -0.339 e. The van der Waals surface area contributed by atoms with Gasteiger partial charge in [-0.3, -0.25) is 14.3 Å². The zero-order chi connectivity index (χ0) is 15.5. The maximum absolute atomic E-state index is 12.3. The molecule has 0 radical (unpaired) electrons. The standard InChI is InChI=1S/C14H19N5O2S/c1-16-14(21)19(11-15-16)9-13(20)18-5-3-17(4-6-18)8-12-2-7-22-10-12/h2,7,10-11H,3-6,8-9H2,1H3. The Labute approximate surface area is 132 Å². The largest absolute Gasteiger partial charge is 0.345 e. The maximum Gasteiger partial charge on any atom is 0.345 e. The van der Waals surface area contributed by atoms with Crippen molar-refractivity contribution >= 4 is 17.2 Å². The molecule has 0 aliphatic carbocycles. The first-order valence-electron chi connectivity index (χ1n) is 7.23. The molecule has 2 aromatic rings. The molecule has 0 bridgehead atoms. The summed E-state index contributed by atoms with van der Waals surface area (Å²) in [5.74, 6) is -0.0229. The van der Waals surface area contributed by atoms with Crippen molar-refractivity contribution < 1.29 is 4.79 Å². The fraction of sp³-hybridized carbons (Fsp3) is 0.500. The molecule has 0 atom stereocenters. The van der Waals surface area contributed by atoms with Crippen LogP contribution in [0.25, 0.3) is 0 Å². The highest BCUT2D eigenvalue weighted by Gasteiger charge is 2.21. The molecule has 3 rings (SSSR count). The third kappa shape index (κ3) is 3.28. The number of carbonyl (C=O) groups is 1. The SMILES string of the molecule is Cn1ncn(CC(=O)N2CCN(Cc3ccsc3)CC2)c1=O. The van der Waals surface area contributed by atoms with Crippen LogP contribution >= 0.6 is 11.3 Å². The topological polar surface area (TPSA) is 63.4 Å². The van der Waals surface area contributed by atoms with E-state index in [2.05, 4.69) is 26.8 Å². The highest BCUT2D eigenvalue weighted by molar-refractivity contribution is 7.07. The lowest BCUT2D eigenvalue weighted by atomic mass is 10.2. The molecule has 7 nitrogen and oxygen atoms in total. The summed E-state index contributed by atoms with van der Waals surface area (Å²) in [5, 5.41) is 8.10. The summed E-state index contributed by atoms with van der Waals surface area (Å²) in [4.78, 5) is 28.1. The molecular weight excluding hydrogens is 302 g/mol. The first-order chi connectivity index (χ1) is 10.6. The number of nitrogens with zero attached hydrogens (tertiary/aromatic N) is 5. The van der Waals surface area contributed by atoms with E-state index in [1.165, 1.54) is 21.1 Å². The molecule has 0 N–H and O–H groups in total. The van der Waals surface area contributed by atoms with Gasteiger partial charge in [-0.15, -0.1) is 0 Å². The number of piperazine rings is 1. The second-order valence-electron chi connectivity index (χ2n) is 5.45. The van der Waals surface area contributed by atoms with Crippen molar-refractivity contribution in [1.82, 2.24) is 24.1 Å². The maximum atomic E-state index is 12.3. The average Bonchev–Trinajstić information content (AvgIpc) is 3.13. The van der Waals surface area contributed by atoms with Crippen molar-refractivity contribution in [3.05, 3.63) is 39.2 Å². The third-order valence-corrected chi connectivity index (χ3v) is 4.64. The Hall–Kier alpha value is -1.93. The normalized spacial score (nSPS) is 16.1. The number of hydrogen-bond acceptors (Lipinski definition) is 5. The fourth-order valence-electron chi connectivity index (χ4n) is 2.57. The molecule has 22 heavy (non-hydrogen) atoms. The summed E-state index contributed by atoms with van der Waals surface area (Å²) in [6.07, 6.45) is 1.41. The van der Waals surface area contributed by atoms with Crippen LogP contribution < -0.4 is 5.69 Å². The van der Waals surface area contributed by atoms with E-state index in [0.29, 0.717) is 13.1 Å². The van der Waals surface area contributed by atoms with E-state index in [-0.39, 0.29) is 18.1 Å². The van der Waals surface area contributed by atoms with E-state index in [1.807, 2.05) is 4.90 Å². The van der Waals surface area contributed by atoms with Crippen molar-refractivity contribution in [2.24, 2.45) is 7.05 Å². The Morgan fingerprint density at radius 1 is 1.32 bits per heavy atom. The van der Waals surface area contributed by atoms with Crippen LogP contribution in [0.3, 0.4) is 0 Å². The molecule has 118 valence electrons. The molecule has 1 saturated heterocycles. The van der Waals surface area contributed by atoms with Crippen LogP contribution in [0.1, 0.15) is 5.56 Å². The highest BCUT2D eigenvalue weighted by atomic mass is 32.1. The summed E-state index contributed by atoms with van der Waals surface area (Å²) >= 11 is 1.71. The van der Waals surface area contributed by atoms with Gasteiger partial charge in [-0.2, -0.15) is 16.4 Å². The first-order valence-corrected chi connectivity index (χ1v) is 8.17. The molecule has 3 heterocycles. The second-order valence-corrected chi connectivity index (χ2v) is 6.23. The number of rotatable bonds is 4. The smallest absolute Gasteiger partial charge is 0.339 e. The van der Waals surface area contributed by atoms with E-state index in [9.17, 15) is 9.59 Å². The zero-order valence-electron chi connectivity index (χ0n) is 12.5. The molecule has 0 spiro atoms. The molecule has 1 aliphatic heterocycles. The number of hydrogen-bond donors (Lipinski definition) is 0.